The molecule has 1 aromatic rings. The molecule has 1 atom stereocenters. The molecule has 0 radical (unpaired) electrons. The summed E-state index contributed by atoms with van der Waals surface area (Å²) in [5.74, 6) is 0. The van der Waals surface area contributed by atoms with E-state index in [2.05, 4.69) is 39.3 Å². The van der Waals surface area contributed by atoms with E-state index in [-0.39, 0.29) is 6.09 Å². The largest absolute Gasteiger partial charge is 0.444 e. The zero-order valence-corrected chi connectivity index (χ0v) is 15.8. The molecule has 21 heavy (non-hydrogen) atoms. The van der Waals surface area contributed by atoms with Crippen molar-refractivity contribution >= 4 is 40.0 Å². The van der Waals surface area contributed by atoms with E-state index in [1.165, 1.54) is 32.6 Å². The molecule has 0 saturated heterocycles. The van der Waals surface area contributed by atoms with Crippen LogP contribution in [0, 0.1) is 2.88 Å². The Hall–Kier alpha value is -0.340. The normalized spacial score (nSPS) is 18.2. The summed E-state index contributed by atoms with van der Waals surface area (Å²) in [4.78, 5) is 13.1. The summed E-state index contributed by atoms with van der Waals surface area (Å²) in [7, 11) is 0. The van der Waals surface area contributed by atoms with Gasteiger partial charge in [0.2, 0.25) is 0 Å². The number of nitrogens with one attached hydrogen (secondary N) is 2. The van der Waals surface area contributed by atoms with Gasteiger partial charge in [0, 0.05) is 24.0 Å². The Kier molecular flexibility index (Phi) is 5.90. The number of alkyl carbamates (subject to hydrolysis) is 1. The van der Waals surface area contributed by atoms with Crippen molar-refractivity contribution in [3.8, 4) is 0 Å². The van der Waals surface area contributed by atoms with Gasteiger partial charge >= 0.3 is 6.09 Å². The third-order valence-electron chi connectivity index (χ3n) is 3.27. The number of rotatable bonds is 4. The van der Waals surface area contributed by atoms with Crippen LogP contribution in [0.15, 0.2) is 6.07 Å². The lowest BCUT2D eigenvalue weighted by Crippen LogP contribution is -2.37. The van der Waals surface area contributed by atoms with E-state index in [0.29, 0.717) is 12.6 Å². The monoisotopic (exact) mass is 422 g/mol. The lowest BCUT2D eigenvalue weighted by molar-refractivity contribution is 0.0528. The van der Waals surface area contributed by atoms with Crippen molar-refractivity contribution in [1.29, 1.82) is 0 Å². The minimum absolute atomic E-state index is 0.348. The smallest absolute Gasteiger partial charge is 0.407 e. The molecule has 1 heterocycles. The summed E-state index contributed by atoms with van der Waals surface area (Å²) in [5, 5.41) is 6.33. The maximum atomic E-state index is 11.6. The maximum Gasteiger partial charge on any atom is 0.407 e. The second kappa shape index (κ2) is 7.28. The second-order valence-electron chi connectivity index (χ2n) is 6.26. The van der Waals surface area contributed by atoms with Gasteiger partial charge < -0.3 is 15.4 Å². The van der Waals surface area contributed by atoms with Crippen LogP contribution < -0.4 is 10.6 Å². The fourth-order valence-electron chi connectivity index (χ4n) is 2.46. The first kappa shape index (κ1) is 17.0. The molecule has 0 spiro atoms. The van der Waals surface area contributed by atoms with Gasteiger partial charge in [-0.25, -0.2) is 4.79 Å². The average Bonchev–Trinajstić information content (AvgIpc) is 2.73. The number of thiophene rings is 1. The molecule has 4 nitrogen and oxygen atoms in total. The van der Waals surface area contributed by atoms with Crippen molar-refractivity contribution in [1.82, 2.24) is 10.6 Å². The highest BCUT2D eigenvalue weighted by Gasteiger charge is 2.22. The molecular formula is C15H23IN2O2S. The SMILES string of the molecule is CC(C)(C)OC(=O)NCCNC1CCCc2sc(I)cc21. The molecule has 1 amide bonds. The predicted molar refractivity (Wildman–Crippen MR) is 95.0 cm³/mol. The molecule has 1 aromatic heterocycles. The van der Waals surface area contributed by atoms with Crippen LogP contribution in [0.4, 0.5) is 4.79 Å². The third-order valence-corrected chi connectivity index (χ3v) is 5.24. The number of carbonyl (C=O) groups is 1. The number of halogens is 1. The summed E-state index contributed by atoms with van der Waals surface area (Å²) < 4.78 is 6.57. The van der Waals surface area contributed by atoms with Crippen LogP contribution >= 0.6 is 33.9 Å². The molecule has 1 aliphatic rings. The topological polar surface area (TPSA) is 50.4 Å². The van der Waals surface area contributed by atoms with Crippen LogP contribution in [0.3, 0.4) is 0 Å². The highest BCUT2D eigenvalue weighted by atomic mass is 127. The van der Waals surface area contributed by atoms with Crippen molar-refractivity contribution in [3.63, 3.8) is 0 Å². The predicted octanol–water partition coefficient (Wildman–Crippen LogP) is 3.84. The fraction of sp³-hybridized carbons (Fsp3) is 0.667. The molecule has 0 aliphatic heterocycles. The Morgan fingerprint density at radius 2 is 2.24 bits per heavy atom. The number of ether oxygens (including phenoxy) is 1. The number of carbonyl (C=O) groups excluding carboxylic acids is 1. The average molecular weight is 422 g/mol. The molecule has 0 saturated carbocycles. The van der Waals surface area contributed by atoms with Crippen LogP contribution in [0.25, 0.3) is 0 Å². The van der Waals surface area contributed by atoms with Gasteiger partial charge in [0.25, 0.3) is 0 Å². The van der Waals surface area contributed by atoms with Gasteiger partial charge in [-0.05, 0) is 74.3 Å². The van der Waals surface area contributed by atoms with Crippen LogP contribution in [0.2, 0.25) is 0 Å². The van der Waals surface area contributed by atoms with Gasteiger partial charge in [0.1, 0.15) is 5.60 Å². The number of aryl methyl sites for hydroxylation is 1. The number of hydrogen-bond donors (Lipinski definition) is 2. The van der Waals surface area contributed by atoms with E-state index in [1.807, 2.05) is 32.1 Å². The van der Waals surface area contributed by atoms with Gasteiger partial charge in [-0.2, -0.15) is 0 Å². The third kappa shape index (κ3) is 5.41. The Bertz CT molecular complexity index is 496. The Morgan fingerprint density at radius 3 is 2.95 bits per heavy atom. The highest BCUT2D eigenvalue weighted by Crippen LogP contribution is 2.36. The number of hydrogen-bond acceptors (Lipinski definition) is 4. The summed E-state index contributed by atoms with van der Waals surface area (Å²) >= 11 is 4.30. The van der Waals surface area contributed by atoms with E-state index in [9.17, 15) is 4.79 Å². The highest BCUT2D eigenvalue weighted by molar-refractivity contribution is 14.1. The van der Waals surface area contributed by atoms with E-state index in [1.54, 1.807) is 0 Å². The van der Waals surface area contributed by atoms with Gasteiger partial charge in [-0.1, -0.05) is 0 Å². The summed E-state index contributed by atoms with van der Waals surface area (Å²) in [6.45, 7) is 6.95. The molecule has 0 aromatic carbocycles. The van der Waals surface area contributed by atoms with E-state index >= 15 is 0 Å². The van der Waals surface area contributed by atoms with E-state index < -0.39 is 5.60 Å². The first-order chi connectivity index (χ1) is 9.85. The Balaban J connectivity index is 1.74. The molecule has 2 N–H and O–H groups in total. The van der Waals surface area contributed by atoms with E-state index in [4.69, 9.17) is 4.74 Å². The van der Waals surface area contributed by atoms with Crippen LogP contribution in [0.5, 0.6) is 0 Å². The van der Waals surface area contributed by atoms with E-state index in [0.717, 1.165) is 6.54 Å². The maximum absolute atomic E-state index is 11.6. The second-order valence-corrected chi connectivity index (χ2v) is 9.29. The molecule has 0 fully saturated rings. The molecule has 2 rings (SSSR count). The van der Waals surface area contributed by atoms with Crippen molar-refractivity contribution in [2.45, 2.75) is 51.7 Å². The Labute approximate surface area is 144 Å². The first-order valence-electron chi connectivity index (χ1n) is 7.33. The van der Waals surface area contributed by atoms with Crippen molar-refractivity contribution in [2.24, 2.45) is 0 Å². The van der Waals surface area contributed by atoms with Crippen LogP contribution in [-0.4, -0.2) is 24.8 Å². The molecule has 6 heteroatoms. The molecular weight excluding hydrogens is 399 g/mol. The summed E-state index contributed by atoms with van der Waals surface area (Å²) in [6.07, 6.45) is 3.27. The van der Waals surface area contributed by atoms with Gasteiger partial charge in [0.05, 0.1) is 2.88 Å². The number of fused-ring (bicyclic) bond motifs is 1. The quantitative estimate of drug-likeness (QED) is 0.573. The summed E-state index contributed by atoms with van der Waals surface area (Å²) in [6, 6.07) is 2.72. The minimum Gasteiger partial charge on any atom is -0.444 e. The zero-order chi connectivity index (χ0) is 15.5. The Morgan fingerprint density at radius 1 is 1.48 bits per heavy atom. The van der Waals surface area contributed by atoms with Crippen molar-refractivity contribution in [3.05, 3.63) is 19.4 Å². The lowest BCUT2D eigenvalue weighted by atomic mass is 9.94. The van der Waals surface area contributed by atoms with Crippen molar-refractivity contribution < 1.29 is 9.53 Å². The fourth-order valence-corrected chi connectivity index (χ4v) is 4.58. The van der Waals surface area contributed by atoms with Crippen LogP contribution in [-0.2, 0) is 11.2 Å². The van der Waals surface area contributed by atoms with Crippen molar-refractivity contribution in [2.75, 3.05) is 13.1 Å². The molecule has 118 valence electrons. The standard InChI is InChI=1S/C15H23IN2O2S/c1-15(2,3)20-14(19)18-8-7-17-11-5-4-6-12-10(11)9-13(16)21-12/h9,11,17H,4-8H2,1-3H3,(H,18,19). The molecule has 0 bridgehead atoms. The van der Waals surface area contributed by atoms with Crippen LogP contribution in [0.1, 0.15) is 50.1 Å². The summed E-state index contributed by atoms with van der Waals surface area (Å²) in [5.41, 5.74) is 1.01. The molecule has 1 aliphatic carbocycles. The molecule has 1 unspecified atom stereocenters. The zero-order valence-electron chi connectivity index (χ0n) is 12.8. The number of amides is 1. The minimum atomic E-state index is -0.441. The van der Waals surface area contributed by atoms with Gasteiger partial charge in [0.15, 0.2) is 0 Å². The first-order valence-corrected chi connectivity index (χ1v) is 9.23. The van der Waals surface area contributed by atoms with Gasteiger partial charge in [-0.15, -0.1) is 11.3 Å². The van der Waals surface area contributed by atoms with Gasteiger partial charge in [-0.3, -0.25) is 0 Å². The lowest BCUT2D eigenvalue weighted by Gasteiger charge is -2.24.